The highest BCUT2D eigenvalue weighted by atomic mass is 32.1. The van der Waals surface area contributed by atoms with E-state index in [1.807, 2.05) is 30.3 Å². The molecule has 27 heavy (non-hydrogen) atoms. The van der Waals surface area contributed by atoms with Crippen molar-refractivity contribution in [1.82, 2.24) is 0 Å². The van der Waals surface area contributed by atoms with Gasteiger partial charge in [0.2, 0.25) is 5.91 Å². The lowest BCUT2D eigenvalue weighted by molar-refractivity contribution is -0.126. The number of benzene rings is 1. The number of nitriles is 1. The lowest BCUT2D eigenvalue weighted by Gasteiger charge is -2.10. The topological polar surface area (TPSA) is 90.2 Å². The minimum atomic E-state index is -0.432. The zero-order valence-corrected chi connectivity index (χ0v) is 15.6. The molecule has 1 aliphatic carbocycles. The summed E-state index contributed by atoms with van der Waals surface area (Å²) >= 11 is 1.41. The monoisotopic (exact) mass is 380 g/mol. The van der Waals surface area contributed by atoms with Gasteiger partial charge in [0.1, 0.15) is 17.7 Å². The summed E-state index contributed by atoms with van der Waals surface area (Å²) in [6, 6.07) is 11.7. The van der Waals surface area contributed by atoms with Crippen LogP contribution in [0.2, 0.25) is 0 Å². The molecule has 1 aliphatic rings. The number of anilines is 1. The normalized spacial score (nSPS) is 16.4. The number of amides is 1. The highest BCUT2D eigenvalue weighted by Crippen LogP contribution is 2.38. The van der Waals surface area contributed by atoms with Crippen LogP contribution in [0.3, 0.4) is 0 Å². The maximum absolute atomic E-state index is 12.2. The summed E-state index contributed by atoms with van der Waals surface area (Å²) in [4.78, 5) is 25.1. The zero-order chi connectivity index (χ0) is 19.2. The van der Waals surface area contributed by atoms with Crippen molar-refractivity contribution < 1.29 is 14.7 Å². The van der Waals surface area contributed by atoms with Gasteiger partial charge in [-0.3, -0.25) is 9.59 Å². The highest BCUT2D eigenvalue weighted by Gasteiger charge is 2.26. The van der Waals surface area contributed by atoms with Crippen molar-refractivity contribution in [1.29, 1.82) is 5.26 Å². The van der Waals surface area contributed by atoms with Crippen molar-refractivity contribution in [3.63, 3.8) is 0 Å². The van der Waals surface area contributed by atoms with E-state index >= 15 is 0 Å². The van der Waals surface area contributed by atoms with Crippen LogP contribution in [0.1, 0.15) is 34.4 Å². The molecule has 0 saturated carbocycles. The molecular formula is C21H20N2O3S. The fourth-order valence-electron chi connectivity index (χ4n) is 3.29. The molecule has 1 heterocycles. The average molecular weight is 380 g/mol. The SMILES string of the molecule is N#Cc1c(NC(=O)/C=C/c2ccccc2)sc2c1CCC(C(=O)CO)CC2. The Morgan fingerprint density at radius 1 is 1.26 bits per heavy atom. The van der Waals surface area contributed by atoms with Gasteiger partial charge in [-0.05, 0) is 42.9 Å². The summed E-state index contributed by atoms with van der Waals surface area (Å²) < 4.78 is 0. The summed E-state index contributed by atoms with van der Waals surface area (Å²) in [6.07, 6.45) is 5.77. The maximum Gasteiger partial charge on any atom is 0.249 e. The predicted molar refractivity (Wildman–Crippen MR) is 105 cm³/mol. The third kappa shape index (κ3) is 4.51. The minimum Gasteiger partial charge on any atom is -0.389 e. The number of aryl methyl sites for hydroxylation is 1. The first-order valence-electron chi connectivity index (χ1n) is 8.84. The second-order valence-corrected chi connectivity index (χ2v) is 7.56. The van der Waals surface area contributed by atoms with Crippen molar-refractivity contribution in [3.05, 3.63) is 58.0 Å². The van der Waals surface area contributed by atoms with Crippen molar-refractivity contribution >= 4 is 34.1 Å². The lowest BCUT2D eigenvalue weighted by Crippen LogP contribution is -2.18. The Kier molecular flexibility index (Phi) is 6.17. The summed E-state index contributed by atoms with van der Waals surface area (Å²) in [5, 5.41) is 22.0. The molecule has 2 aromatic rings. The van der Waals surface area contributed by atoms with Gasteiger partial charge in [0.05, 0.1) is 5.56 Å². The molecule has 1 aromatic heterocycles. The number of aliphatic hydroxyl groups excluding tert-OH is 1. The van der Waals surface area contributed by atoms with Crippen LogP contribution in [0.4, 0.5) is 5.00 Å². The Hall–Kier alpha value is -2.75. The number of rotatable bonds is 5. The molecule has 0 spiro atoms. The molecule has 0 fully saturated rings. The first kappa shape index (κ1) is 19.0. The van der Waals surface area contributed by atoms with E-state index in [2.05, 4.69) is 11.4 Å². The van der Waals surface area contributed by atoms with Crippen LogP contribution < -0.4 is 5.32 Å². The van der Waals surface area contributed by atoms with E-state index < -0.39 is 6.61 Å². The van der Waals surface area contributed by atoms with Crippen LogP contribution >= 0.6 is 11.3 Å². The largest absolute Gasteiger partial charge is 0.389 e. The van der Waals surface area contributed by atoms with Crippen LogP contribution in [0.5, 0.6) is 0 Å². The van der Waals surface area contributed by atoms with E-state index in [0.29, 0.717) is 36.2 Å². The Balaban J connectivity index is 1.73. The summed E-state index contributed by atoms with van der Waals surface area (Å²) in [7, 11) is 0. The Bertz CT molecular complexity index is 909. The molecule has 6 heteroatoms. The van der Waals surface area contributed by atoms with Gasteiger partial charge in [-0.15, -0.1) is 11.3 Å². The molecular weight excluding hydrogens is 360 g/mol. The second kappa shape index (κ2) is 8.76. The maximum atomic E-state index is 12.2. The third-order valence-electron chi connectivity index (χ3n) is 4.74. The van der Waals surface area contributed by atoms with E-state index in [0.717, 1.165) is 16.0 Å². The molecule has 3 rings (SSSR count). The molecule has 1 atom stereocenters. The predicted octanol–water partition coefficient (Wildman–Crippen LogP) is 3.33. The molecule has 2 N–H and O–H groups in total. The Labute approximate surface area is 162 Å². The van der Waals surface area contributed by atoms with E-state index in [9.17, 15) is 14.9 Å². The molecule has 0 aliphatic heterocycles. The van der Waals surface area contributed by atoms with E-state index in [1.54, 1.807) is 6.08 Å². The second-order valence-electron chi connectivity index (χ2n) is 6.45. The number of thiophene rings is 1. The van der Waals surface area contributed by atoms with Gasteiger partial charge in [-0.1, -0.05) is 30.3 Å². The number of nitrogens with one attached hydrogen (secondary N) is 1. The molecule has 1 aromatic carbocycles. The molecule has 0 saturated heterocycles. The Morgan fingerprint density at radius 3 is 2.70 bits per heavy atom. The smallest absolute Gasteiger partial charge is 0.249 e. The first-order chi connectivity index (χ1) is 13.1. The van der Waals surface area contributed by atoms with Gasteiger partial charge in [0.25, 0.3) is 0 Å². The average Bonchev–Trinajstić information content (AvgIpc) is 2.88. The van der Waals surface area contributed by atoms with Gasteiger partial charge in [-0.25, -0.2) is 0 Å². The summed E-state index contributed by atoms with van der Waals surface area (Å²) in [6.45, 7) is -0.432. The van der Waals surface area contributed by atoms with Gasteiger partial charge in [0.15, 0.2) is 5.78 Å². The molecule has 1 unspecified atom stereocenters. The molecule has 1 amide bonds. The van der Waals surface area contributed by atoms with Crippen LogP contribution in [-0.4, -0.2) is 23.4 Å². The van der Waals surface area contributed by atoms with Crippen molar-refractivity contribution in [2.45, 2.75) is 25.7 Å². The quantitative estimate of drug-likeness (QED) is 0.615. The fourth-order valence-corrected chi connectivity index (χ4v) is 4.51. The van der Waals surface area contributed by atoms with Gasteiger partial charge in [-0.2, -0.15) is 5.26 Å². The lowest BCUT2D eigenvalue weighted by atomic mass is 9.95. The number of hydrogen-bond acceptors (Lipinski definition) is 5. The number of hydrogen-bond donors (Lipinski definition) is 2. The number of Topliss-reactive ketones (excluding diaryl/α,β-unsaturated/α-hetero) is 1. The first-order valence-corrected chi connectivity index (χ1v) is 9.66. The van der Waals surface area contributed by atoms with Crippen molar-refractivity contribution in [2.24, 2.45) is 5.92 Å². The van der Waals surface area contributed by atoms with E-state index in [-0.39, 0.29) is 17.6 Å². The summed E-state index contributed by atoms with van der Waals surface area (Å²) in [5.41, 5.74) is 2.35. The standard InChI is InChI=1S/C21H20N2O3S/c22-12-17-16-9-7-15(18(25)13-24)8-10-19(16)27-21(17)23-20(26)11-6-14-4-2-1-3-5-14/h1-6,11,15,24H,7-10,13H2,(H,23,26)/b11-6+. The number of fused-ring (bicyclic) bond motifs is 1. The van der Waals surface area contributed by atoms with Gasteiger partial charge in [0, 0.05) is 16.9 Å². The molecule has 0 bridgehead atoms. The number of ketones is 1. The van der Waals surface area contributed by atoms with Crippen LogP contribution in [0, 0.1) is 17.2 Å². The van der Waals surface area contributed by atoms with Crippen LogP contribution in [0.25, 0.3) is 6.08 Å². The van der Waals surface area contributed by atoms with Gasteiger partial charge < -0.3 is 10.4 Å². The highest BCUT2D eigenvalue weighted by molar-refractivity contribution is 7.16. The molecule has 0 radical (unpaired) electrons. The Morgan fingerprint density at radius 2 is 2.00 bits per heavy atom. The number of carbonyl (C=O) groups excluding carboxylic acids is 2. The number of aliphatic hydroxyl groups is 1. The third-order valence-corrected chi connectivity index (χ3v) is 5.95. The van der Waals surface area contributed by atoms with Crippen LogP contribution in [0.15, 0.2) is 36.4 Å². The fraction of sp³-hybridized carbons (Fsp3) is 0.286. The van der Waals surface area contributed by atoms with Crippen molar-refractivity contribution in [3.8, 4) is 6.07 Å². The van der Waals surface area contributed by atoms with E-state index in [4.69, 9.17) is 5.11 Å². The minimum absolute atomic E-state index is 0.136. The van der Waals surface area contributed by atoms with E-state index in [1.165, 1.54) is 17.4 Å². The zero-order valence-electron chi connectivity index (χ0n) is 14.8. The number of nitrogens with zero attached hydrogens (tertiary/aromatic N) is 1. The van der Waals surface area contributed by atoms with Crippen LogP contribution in [-0.2, 0) is 22.4 Å². The van der Waals surface area contributed by atoms with Crippen molar-refractivity contribution in [2.75, 3.05) is 11.9 Å². The number of carbonyl (C=O) groups is 2. The molecule has 5 nitrogen and oxygen atoms in total. The summed E-state index contributed by atoms with van der Waals surface area (Å²) in [5.74, 6) is -0.573. The molecule has 138 valence electrons. The van der Waals surface area contributed by atoms with Gasteiger partial charge >= 0.3 is 0 Å².